The normalized spacial score (nSPS) is 10.7. The number of nitrogens with two attached hydrogens (primary N) is 1. The van der Waals surface area contributed by atoms with Gasteiger partial charge in [0.05, 0.1) is 11.9 Å². The van der Waals surface area contributed by atoms with E-state index in [2.05, 4.69) is 9.72 Å². The van der Waals surface area contributed by atoms with Crippen molar-refractivity contribution in [2.45, 2.75) is 6.36 Å². The molecule has 0 unspecified atom stereocenters. The second-order valence-corrected chi connectivity index (χ2v) is 2.73. The van der Waals surface area contributed by atoms with Gasteiger partial charge in [0.15, 0.2) is 11.4 Å². The number of carboxylic acids is 1. The Labute approximate surface area is 92.0 Å². The average Bonchev–Trinajstić information content (AvgIpc) is 2.15. The van der Waals surface area contributed by atoms with Crippen LogP contribution < -0.4 is 10.5 Å². The molecule has 9 heteroatoms. The first-order valence-electron chi connectivity index (χ1n) is 3.94. The smallest absolute Gasteiger partial charge is 0.476 e. The lowest BCUT2D eigenvalue weighted by Gasteiger charge is -2.12. The van der Waals surface area contributed by atoms with E-state index in [-0.39, 0.29) is 0 Å². The Balaban J connectivity index is 3.46. The molecule has 1 aromatic rings. The number of aromatic carboxylic acids is 1. The monoisotopic (exact) mass is 247 g/mol. The lowest BCUT2D eigenvalue weighted by atomic mass is 10.2. The van der Waals surface area contributed by atoms with Crippen LogP contribution in [-0.2, 0) is 0 Å². The number of alkyl halides is 3. The molecule has 0 spiro atoms. The third-order valence-electron chi connectivity index (χ3n) is 1.60. The van der Waals surface area contributed by atoms with E-state index in [0.717, 1.165) is 6.20 Å². The summed E-state index contributed by atoms with van der Waals surface area (Å²) in [5.74, 6) is -2.98. The lowest BCUT2D eigenvalue weighted by Crippen LogP contribution is -2.21. The molecule has 17 heavy (non-hydrogen) atoms. The molecule has 1 aromatic heterocycles. The number of aromatic nitrogens is 1. The maximum absolute atomic E-state index is 12.0. The molecule has 6 nitrogen and oxygen atoms in total. The first-order chi connectivity index (χ1) is 7.76. The van der Waals surface area contributed by atoms with Gasteiger partial charge in [-0.05, 0) is 0 Å². The molecule has 0 saturated carbocycles. The van der Waals surface area contributed by atoms with Crippen molar-refractivity contribution in [2.24, 2.45) is 0 Å². The van der Waals surface area contributed by atoms with Crippen molar-refractivity contribution in [3.8, 4) is 11.8 Å². The third-order valence-corrected chi connectivity index (χ3v) is 1.60. The number of anilines is 1. The summed E-state index contributed by atoms with van der Waals surface area (Å²) >= 11 is 0. The standard InChI is InChI=1S/C8H4F3N3O3/c9-8(10,11)17-6-3(1-12)4(13)2-14-5(6)7(15)16/h2H,13H2,(H,15,16). The zero-order valence-electron chi connectivity index (χ0n) is 7.95. The molecule has 0 aliphatic rings. The maximum atomic E-state index is 12.0. The van der Waals surface area contributed by atoms with Crippen LogP contribution in [0.3, 0.4) is 0 Å². The van der Waals surface area contributed by atoms with Crippen molar-refractivity contribution >= 4 is 11.7 Å². The summed E-state index contributed by atoms with van der Waals surface area (Å²) in [5, 5.41) is 17.2. The van der Waals surface area contributed by atoms with Crippen molar-refractivity contribution in [3.63, 3.8) is 0 Å². The van der Waals surface area contributed by atoms with Crippen LogP contribution in [0.2, 0.25) is 0 Å². The van der Waals surface area contributed by atoms with Crippen molar-refractivity contribution in [1.29, 1.82) is 5.26 Å². The number of nitriles is 1. The van der Waals surface area contributed by atoms with Gasteiger partial charge >= 0.3 is 12.3 Å². The van der Waals surface area contributed by atoms with Gasteiger partial charge in [-0.2, -0.15) is 5.26 Å². The van der Waals surface area contributed by atoms with Crippen LogP contribution in [0.5, 0.6) is 5.75 Å². The summed E-state index contributed by atoms with van der Waals surface area (Å²) < 4.78 is 39.6. The Kier molecular flexibility index (Phi) is 3.08. The fourth-order valence-corrected chi connectivity index (χ4v) is 0.990. The summed E-state index contributed by atoms with van der Waals surface area (Å²) in [4.78, 5) is 13.8. The van der Waals surface area contributed by atoms with Crippen LogP contribution in [0.25, 0.3) is 0 Å². The zero-order valence-corrected chi connectivity index (χ0v) is 7.95. The van der Waals surface area contributed by atoms with Crippen molar-refractivity contribution < 1.29 is 27.8 Å². The Morgan fingerprint density at radius 2 is 2.18 bits per heavy atom. The molecule has 0 atom stereocenters. The molecule has 0 aromatic carbocycles. The predicted octanol–water partition coefficient (Wildman–Crippen LogP) is 1.13. The van der Waals surface area contributed by atoms with E-state index in [0.29, 0.717) is 0 Å². The largest absolute Gasteiger partial charge is 0.573 e. The van der Waals surface area contributed by atoms with E-state index >= 15 is 0 Å². The van der Waals surface area contributed by atoms with Crippen molar-refractivity contribution in [3.05, 3.63) is 17.5 Å². The molecule has 0 radical (unpaired) electrons. The molecule has 0 aliphatic carbocycles. The highest BCUT2D eigenvalue weighted by Gasteiger charge is 2.35. The van der Waals surface area contributed by atoms with Gasteiger partial charge in [0.1, 0.15) is 11.6 Å². The Morgan fingerprint density at radius 3 is 2.59 bits per heavy atom. The van der Waals surface area contributed by atoms with E-state index in [1.54, 1.807) is 0 Å². The molecule has 90 valence electrons. The van der Waals surface area contributed by atoms with Crippen LogP contribution in [0.4, 0.5) is 18.9 Å². The summed E-state index contributed by atoms with van der Waals surface area (Å²) in [6.45, 7) is 0. The Bertz CT molecular complexity index is 507. The number of nitrogen functional groups attached to an aromatic ring is 1. The Morgan fingerprint density at radius 1 is 1.59 bits per heavy atom. The second kappa shape index (κ2) is 4.17. The quantitative estimate of drug-likeness (QED) is 0.810. The van der Waals surface area contributed by atoms with E-state index in [9.17, 15) is 18.0 Å². The van der Waals surface area contributed by atoms with Gasteiger partial charge in [0.25, 0.3) is 0 Å². The molecule has 0 fully saturated rings. The minimum absolute atomic E-state index is 0.406. The molecule has 0 saturated heterocycles. The highest BCUT2D eigenvalue weighted by atomic mass is 19.4. The SMILES string of the molecule is N#Cc1c(N)cnc(C(=O)O)c1OC(F)(F)F. The summed E-state index contributed by atoms with van der Waals surface area (Å²) in [5.41, 5.74) is 3.03. The number of rotatable bonds is 2. The third kappa shape index (κ3) is 2.75. The van der Waals surface area contributed by atoms with Gasteiger partial charge < -0.3 is 15.6 Å². The van der Waals surface area contributed by atoms with E-state index in [1.165, 1.54) is 6.07 Å². The zero-order chi connectivity index (χ0) is 13.2. The maximum Gasteiger partial charge on any atom is 0.573 e. The van der Waals surface area contributed by atoms with Gasteiger partial charge in [0, 0.05) is 0 Å². The molecule has 0 bridgehead atoms. The van der Waals surface area contributed by atoms with Gasteiger partial charge in [0.2, 0.25) is 0 Å². The fourth-order valence-electron chi connectivity index (χ4n) is 0.990. The minimum Gasteiger partial charge on any atom is -0.476 e. The number of pyridine rings is 1. The number of hydrogen-bond donors (Lipinski definition) is 2. The van der Waals surface area contributed by atoms with Crippen molar-refractivity contribution in [2.75, 3.05) is 5.73 Å². The van der Waals surface area contributed by atoms with Crippen LogP contribution in [-0.4, -0.2) is 22.4 Å². The van der Waals surface area contributed by atoms with Gasteiger partial charge in [-0.25, -0.2) is 9.78 Å². The first kappa shape index (κ1) is 12.6. The van der Waals surface area contributed by atoms with Crippen molar-refractivity contribution in [1.82, 2.24) is 4.98 Å². The van der Waals surface area contributed by atoms with Crippen LogP contribution in [0.1, 0.15) is 16.1 Å². The van der Waals surface area contributed by atoms with E-state index < -0.39 is 35.0 Å². The predicted molar refractivity (Wildman–Crippen MR) is 47.0 cm³/mol. The fraction of sp³-hybridized carbons (Fsp3) is 0.125. The summed E-state index contributed by atoms with van der Waals surface area (Å²) in [7, 11) is 0. The highest BCUT2D eigenvalue weighted by molar-refractivity contribution is 5.90. The average molecular weight is 247 g/mol. The molecule has 0 amide bonds. The number of hydrogen-bond acceptors (Lipinski definition) is 5. The van der Waals surface area contributed by atoms with Crippen LogP contribution >= 0.6 is 0 Å². The second-order valence-electron chi connectivity index (χ2n) is 2.73. The molecule has 1 rings (SSSR count). The van der Waals surface area contributed by atoms with Crippen LogP contribution in [0.15, 0.2) is 6.20 Å². The first-order valence-corrected chi connectivity index (χ1v) is 3.94. The molecule has 1 heterocycles. The van der Waals surface area contributed by atoms with Gasteiger partial charge in [-0.1, -0.05) is 0 Å². The van der Waals surface area contributed by atoms with Gasteiger partial charge in [-0.3, -0.25) is 0 Å². The molecule has 3 N–H and O–H groups in total. The number of ether oxygens (including phenoxy) is 1. The number of halogens is 3. The molecular formula is C8H4F3N3O3. The minimum atomic E-state index is -5.15. The topological polar surface area (TPSA) is 109 Å². The van der Waals surface area contributed by atoms with Crippen LogP contribution in [0, 0.1) is 11.3 Å². The highest BCUT2D eigenvalue weighted by Crippen LogP contribution is 2.31. The summed E-state index contributed by atoms with van der Waals surface area (Å²) in [6, 6.07) is 1.33. The van der Waals surface area contributed by atoms with E-state index in [1.807, 2.05) is 0 Å². The molecular weight excluding hydrogens is 243 g/mol. The Hall–Kier alpha value is -2.50. The number of carboxylic acid groups (broad SMARTS) is 1. The number of carbonyl (C=O) groups is 1. The molecule has 0 aliphatic heterocycles. The van der Waals surface area contributed by atoms with Gasteiger partial charge in [-0.15, -0.1) is 13.2 Å². The van der Waals surface area contributed by atoms with E-state index in [4.69, 9.17) is 16.1 Å². The lowest BCUT2D eigenvalue weighted by molar-refractivity contribution is -0.274. The number of nitrogens with zero attached hydrogens (tertiary/aromatic N) is 2. The summed E-state index contributed by atoms with van der Waals surface area (Å²) in [6.07, 6.45) is -4.38.